The fourth-order valence-electron chi connectivity index (χ4n) is 2.44. The van der Waals surface area contributed by atoms with Gasteiger partial charge in [0, 0.05) is 16.0 Å². The number of carbonyl (C=O) groups excluding carboxylic acids is 1. The molecule has 2 aromatic heterocycles. The second-order valence-electron chi connectivity index (χ2n) is 6.51. The number of benzene rings is 1. The van der Waals surface area contributed by atoms with E-state index in [-0.39, 0.29) is 12.5 Å². The maximum Gasteiger partial charge on any atom is 0.263 e. The Morgan fingerprint density at radius 2 is 2.00 bits per heavy atom. The topological polar surface area (TPSA) is 71.7 Å². The summed E-state index contributed by atoms with van der Waals surface area (Å²) in [6.45, 7) is 3.33. The monoisotopic (exact) mass is 405 g/mol. The molecule has 0 radical (unpaired) electrons. The first kappa shape index (κ1) is 19.5. The number of carbonyl (C=O) groups is 1. The summed E-state index contributed by atoms with van der Waals surface area (Å²) in [5.74, 6) is 1.27. The molecule has 2 heterocycles. The van der Waals surface area contributed by atoms with E-state index in [1.54, 1.807) is 61.6 Å². The Kier molecular flexibility index (Phi) is 5.89. The van der Waals surface area contributed by atoms with E-state index in [0.29, 0.717) is 22.3 Å². The van der Waals surface area contributed by atoms with Gasteiger partial charge in [0.2, 0.25) is 0 Å². The Labute approximate surface area is 166 Å². The molecule has 0 fully saturated rings. The number of amides is 1. The van der Waals surface area contributed by atoms with Gasteiger partial charge in [0.15, 0.2) is 5.60 Å². The number of hydrogen-bond acceptors (Lipinski definition) is 5. The Bertz CT molecular complexity index is 887. The van der Waals surface area contributed by atoms with Crippen LogP contribution >= 0.6 is 22.9 Å². The SMILES string of the molecule is CC(C)(Oc1ccc(Cl)cc1)C(=O)NC[C@@H](O)c1ccc(-c2ccsc2)o1. The minimum atomic E-state index is -1.11. The molecule has 0 bridgehead atoms. The Morgan fingerprint density at radius 3 is 2.67 bits per heavy atom. The summed E-state index contributed by atoms with van der Waals surface area (Å²) in [6, 6.07) is 12.2. The molecule has 1 amide bonds. The highest BCUT2D eigenvalue weighted by molar-refractivity contribution is 7.08. The van der Waals surface area contributed by atoms with Crippen molar-refractivity contribution in [3.63, 3.8) is 0 Å². The Hall–Kier alpha value is -2.28. The van der Waals surface area contributed by atoms with Crippen molar-refractivity contribution in [2.75, 3.05) is 6.54 Å². The van der Waals surface area contributed by atoms with Crippen molar-refractivity contribution < 1.29 is 19.1 Å². The number of hydrogen-bond donors (Lipinski definition) is 2. The molecule has 2 N–H and O–H groups in total. The molecule has 1 atom stereocenters. The van der Waals surface area contributed by atoms with Crippen LogP contribution in [0.25, 0.3) is 11.3 Å². The van der Waals surface area contributed by atoms with Gasteiger partial charge in [-0.15, -0.1) is 0 Å². The average Bonchev–Trinajstić information content (AvgIpc) is 3.32. The van der Waals surface area contributed by atoms with Gasteiger partial charge in [0.05, 0.1) is 6.54 Å². The first-order valence-electron chi connectivity index (χ1n) is 8.38. The van der Waals surface area contributed by atoms with Crippen LogP contribution in [-0.4, -0.2) is 23.2 Å². The number of furan rings is 1. The van der Waals surface area contributed by atoms with E-state index in [2.05, 4.69) is 5.32 Å². The summed E-state index contributed by atoms with van der Waals surface area (Å²) in [4.78, 5) is 12.5. The molecule has 0 aliphatic heterocycles. The molecule has 7 heteroatoms. The minimum absolute atomic E-state index is 0.0167. The smallest absolute Gasteiger partial charge is 0.263 e. The van der Waals surface area contributed by atoms with Crippen molar-refractivity contribution in [3.05, 3.63) is 64.0 Å². The van der Waals surface area contributed by atoms with Crippen LogP contribution < -0.4 is 10.1 Å². The van der Waals surface area contributed by atoms with Crippen molar-refractivity contribution in [3.8, 4) is 17.1 Å². The molecule has 1 aromatic carbocycles. The highest BCUT2D eigenvalue weighted by atomic mass is 35.5. The third-order valence-corrected chi connectivity index (χ3v) is 4.89. The highest BCUT2D eigenvalue weighted by Crippen LogP contribution is 2.27. The summed E-state index contributed by atoms with van der Waals surface area (Å²) >= 11 is 7.42. The lowest BCUT2D eigenvalue weighted by Gasteiger charge is -2.25. The van der Waals surface area contributed by atoms with E-state index in [4.69, 9.17) is 20.8 Å². The Balaban J connectivity index is 1.56. The minimum Gasteiger partial charge on any atom is -0.478 e. The first-order chi connectivity index (χ1) is 12.8. The number of aliphatic hydroxyl groups is 1. The zero-order valence-corrected chi connectivity index (χ0v) is 16.5. The lowest BCUT2D eigenvalue weighted by molar-refractivity contribution is -0.134. The van der Waals surface area contributed by atoms with Gasteiger partial charge in [-0.25, -0.2) is 0 Å². The average molecular weight is 406 g/mol. The lowest BCUT2D eigenvalue weighted by Crippen LogP contribution is -2.47. The van der Waals surface area contributed by atoms with E-state index >= 15 is 0 Å². The van der Waals surface area contributed by atoms with Crippen LogP contribution in [0.3, 0.4) is 0 Å². The largest absolute Gasteiger partial charge is 0.478 e. The number of aliphatic hydroxyl groups excluding tert-OH is 1. The summed E-state index contributed by atoms with van der Waals surface area (Å²) in [6.07, 6.45) is -0.951. The molecule has 0 aliphatic carbocycles. The van der Waals surface area contributed by atoms with E-state index in [0.717, 1.165) is 5.56 Å². The van der Waals surface area contributed by atoms with Crippen LogP contribution in [0.1, 0.15) is 25.7 Å². The molecular formula is C20H20ClNO4S. The Morgan fingerprint density at radius 1 is 1.26 bits per heavy atom. The van der Waals surface area contributed by atoms with Gasteiger partial charge in [0.25, 0.3) is 5.91 Å². The molecule has 142 valence electrons. The predicted molar refractivity (Wildman–Crippen MR) is 106 cm³/mol. The van der Waals surface area contributed by atoms with Crippen LogP contribution in [0, 0.1) is 0 Å². The molecule has 3 aromatic rings. The third-order valence-electron chi connectivity index (χ3n) is 3.95. The highest BCUT2D eigenvalue weighted by Gasteiger charge is 2.30. The number of nitrogens with one attached hydrogen (secondary N) is 1. The zero-order valence-electron chi connectivity index (χ0n) is 14.9. The maximum atomic E-state index is 12.5. The van der Waals surface area contributed by atoms with Crippen LogP contribution in [0.2, 0.25) is 5.02 Å². The van der Waals surface area contributed by atoms with Crippen LogP contribution in [-0.2, 0) is 4.79 Å². The van der Waals surface area contributed by atoms with E-state index in [1.807, 2.05) is 16.8 Å². The predicted octanol–water partition coefficient (Wildman–Crippen LogP) is 4.67. The number of thiophene rings is 1. The molecule has 0 saturated carbocycles. The maximum absolute atomic E-state index is 12.5. The summed E-state index contributed by atoms with van der Waals surface area (Å²) in [5, 5.41) is 17.5. The second kappa shape index (κ2) is 8.17. The van der Waals surface area contributed by atoms with E-state index < -0.39 is 11.7 Å². The van der Waals surface area contributed by atoms with E-state index in [1.165, 1.54) is 0 Å². The first-order valence-corrected chi connectivity index (χ1v) is 9.70. The second-order valence-corrected chi connectivity index (χ2v) is 7.72. The standard InChI is InChI=1S/C20H20ClNO4S/c1-20(2,26-15-5-3-14(21)4-6-15)19(24)22-11-16(23)18-8-7-17(25-18)13-9-10-27-12-13/h3-10,12,16,23H,11H2,1-2H3,(H,22,24)/t16-/m1/s1. The summed E-state index contributed by atoms with van der Waals surface area (Å²) in [5.41, 5.74) is -0.154. The number of ether oxygens (including phenoxy) is 1. The summed E-state index contributed by atoms with van der Waals surface area (Å²) in [7, 11) is 0. The molecule has 0 unspecified atom stereocenters. The molecule has 27 heavy (non-hydrogen) atoms. The van der Waals surface area contributed by atoms with Gasteiger partial charge in [0.1, 0.15) is 23.4 Å². The third kappa shape index (κ3) is 4.91. The number of rotatable bonds is 7. The van der Waals surface area contributed by atoms with Gasteiger partial charge in [-0.05, 0) is 61.7 Å². The van der Waals surface area contributed by atoms with Gasteiger partial charge in [-0.3, -0.25) is 4.79 Å². The van der Waals surface area contributed by atoms with Crippen LogP contribution in [0.4, 0.5) is 0 Å². The molecule has 0 spiro atoms. The number of halogens is 1. The van der Waals surface area contributed by atoms with Gasteiger partial charge >= 0.3 is 0 Å². The molecule has 3 rings (SSSR count). The molecule has 5 nitrogen and oxygen atoms in total. The van der Waals surface area contributed by atoms with Gasteiger partial charge < -0.3 is 19.6 Å². The van der Waals surface area contributed by atoms with Crippen molar-refractivity contribution in [2.45, 2.75) is 25.6 Å². The van der Waals surface area contributed by atoms with Crippen LogP contribution in [0.5, 0.6) is 5.75 Å². The van der Waals surface area contributed by atoms with Crippen molar-refractivity contribution in [2.24, 2.45) is 0 Å². The fraction of sp³-hybridized carbons (Fsp3) is 0.250. The molecule has 0 saturated heterocycles. The normalized spacial score (nSPS) is 12.6. The molecule has 0 aliphatic rings. The zero-order chi connectivity index (χ0) is 19.4. The van der Waals surface area contributed by atoms with Crippen molar-refractivity contribution in [1.29, 1.82) is 0 Å². The van der Waals surface area contributed by atoms with Gasteiger partial charge in [-0.2, -0.15) is 11.3 Å². The van der Waals surface area contributed by atoms with E-state index in [9.17, 15) is 9.90 Å². The van der Waals surface area contributed by atoms with Crippen molar-refractivity contribution >= 4 is 28.8 Å². The quantitative estimate of drug-likeness (QED) is 0.599. The lowest BCUT2D eigenvalue weighted by atomic mass is 10.1. The summed E-state index contributed by atoms with van der Waals surface area (Å²) < 4.78 is 11.4. The van der Waals surface area contributed by atoms with Gasteiger partial charge in [-0.1, -0.05) is 11.6 Å². The molecular weight excluding hydrogens is 386 g/mol. The fourth-order valence-corrected chi connectivity index (χ4v) is 3.21. The van der Waals surface area contributed by atoms with Crippen LogP contribution in [0.15, 0.2) is 57.6 Å². The van der Waals surface area contributed by atoms with Crippen molar-refractivity contribution in [1.82, 2.24) is 5.32 Å².